The zero-order valence-corrected chi connectivity index (χ0v) is 9.87. The third kappa shape index (κ3) is 2.55. The van der Waals surface area contributed by atoms with Crippen molar-refractivity contribution in [1.29, 1.82) is 0 Å². The summed E-state index contributed by atoms with van der Waals surface area (Å²) in [7, 11) is 0. The third-order valence-electron chi connectivity index (χ3n) is 3.40. The van der Waals surface area contributed by atoms with Crippen molar-refractivity contribution >= 4 is 11.4 Å². The van der Waals surface area contributed by atoms with E-state index in [9.17, 15) is 10.1 Å². The predicted molar refractivity (Wildman–Crippen MR) is 67.1 cm³/mol. The lowest BCUT2D eigenvalue weighted by Crippen LogP contribution is -2.45. The molecule has 2 atom stereocenters. The van der Waals surface area contributed by atoms with E-state index in [-0.39, 0.29) is 16.7 Å². The minimum atomic E-state index is -0.376. The Kier molecular flexibility index (Phi) is 3.28. The Bertz CT molecular complexity index is 405. The SMILES string of the molecule is CC1CN(c2ccc([N+](=O)[O-])cc2)CCC1N. The first-order chi connectivity index (χ1) is 8.08. The highest BCUT2D eigenvalue weighted by Crippen LogP contribution is 2.24. The number of rotatable bonds is 2. The number of nitro groups is 1. The first-order valence-electron chi connectivity index (χ1n) is 5.83. The van der Waals surface area contributed by atoms with Gasteiger partial charge >= 0.3 is 0 Å². The van der Waals surface area contributed by atoms with Gasteiger partial charge in [0.25, 0.3) is 5.69 Å². The Morgan fingerprint density at radius 2 is 2.06 bits per heavy atom. The molecular formula is C12H17N3O2. The topological polar surface area (TPSA) is 72.4 Å². The first kappa shape index (κ1) is 11.9. The summed E-state index contributed by atoms with van der Waals surface area (Å²) >= 11 is 0. The maximum Gasteiger partial charge on any atom is 0.269 e. The number of anilines is 1. The monoisotopic (exact) mass is 235 g/mol. The Balaban J connectivity index is 2.10. The Morgan fingerprint density at radius 1 is 1.41 bits per heavy atom. The minimum Gasteiger partial charge on any atom is -0.371 e. The van der Waals surface area contributed by atoms with E-state index in [0.29, 0.717) is 5.92 Å². The number of nitrogens with zero attached hydrogens (tertiary/aromatic N) is 2. The number of nitrogens with two attached hydrogens (primary N) is 1. The van der Waals surface area contributed by atoms with Gasteiger partial charge in [0.05, 0.1) is 4.92 Å². The predicted octanol–water partition coefficient (Wildman–Crippen LogP) is 1.77. The molecule has 2 N–H and O–H groups in total. The maximum absolute atomic E-state index is 10.6. The second kappa shape index (κ2) is 4.71. The molecule has 1 aromatic carbocycles. The van der Waals surface area contributed by atoms with Gasteiger partial charge in [0.2, 0.25) is 0 Å². The summed E-state index contributed by atoms with van der Waals surface area (Å²) in [6, 6.07) is 6.98. The van der Waals surface area contributed by atoms with Crippen molar-refractivity contribution in [3.63, 3.8) is 0 Å². The summed E-state index contributed by atoms with van der Waals surface area (Å²) in [5.74, 6) is 0.457. The van der Waals surface area contributed by atoms with Crippen LogP contribution in [0.4, 0.5) is 11.4 Å². The molecule has 5 heteroatoms. The zero-order valence-electron chi connectivity index (χ0n) is 9.87. The zero-order chi connectivity index (χ0) is 12.4. The second-order valence-corrected chi connectivity index (χ2v) is 4.65. The minimum absolute atomic E-state index is 0.135. The summed E-state index contributed by atoms with van der Waals surface area (Å²) in [5, 5.41) is 10.6. The van der Waals surface area contributed by atoms with E-state index in [1.165, 1.54) is 0 Å². The van der Waals surface area contributed by atoms with Crippen LogP contribution in [0.15, 0.2) is 24.3 Å². The van der Waals surface area contributed by atoms with E-state index in [0.717, 1.165) is 25.2 Å². The average molecular weight is 235 g/mol. The normalized spacial score (nSPS) is 24.7. The molecule has 1 heterocycles. The molecule has 2 rings (SSSR count). The van der Waals surface area contributed by atoms with Gasteiger partial charge in [-0.25, -0.2) is 0 Å². The van der Waals surface area contributed by atoms with Gasteiger partial charge in [0.15, 0.2) is 0 Å². The van der Waals surface area contributed by atoms with Crippen molar-refractivity contribution in [2.45, 2.75) is 19.4 Å². The molecule has 0 saturated carbocycles. The molecule has 2 unspecified atom stereocenters. The lowest BCUT2D eigenvalue weighted by Gasteiger charge is -2.36. The molecule has 0 amide bonds. The molecule has 0 aliphatic carbocycles. The van der Waals surface area contributed by atoms with E-state index < -0.39 is 0 Å². The van der Waals surface area contributed by atoms with Crippen LogP contribution >= 0.6 is 0 Å². The number of piperidine rings is 1. The highest BCUT2D eigenvalue weighted by molar-refractivity contribution is 5.51. The molecule has 0 bridgehead atoms. The molecule has 0 radical (unpaired) electrons. The molecule has 1 aliphatic rings. The second-order valence-electron chi connectivity index (χ2n) is 4.65. The highest BCUT2D eigenvalue weighted by atomic mass is 16.6. The van der Waals surface area contributed by atoms with Gasteiger partial charge in [-0.2, -0.15) is 0 Å². The van der Waals surface area contributed by atoms with Crippen molar-refractivity contribution in [3.8, 4) is 0 Å². The van der Waals surface area contributed by atoms with Gasteiger partial charge in [0.1, 0.15) is 0 Å². The van der Waals surface area contributed by atoms with Crippen molar-refractivity contribution in [3.05, 3.63) is 34.4 Å². The number of non-ortho nitro benzene ring substituents is 1. The average Bonchev–Trinajstić information content (AvgIpc) is 2.33. The molecule has 1 aromatic rings. The van der Waals surface area contributed by atoms with Gasteiger partial charge in [-0.3, -0.25) is 10.1 Å². The van der Waals surface area contributed by atoms with Crippen LogP contribution < -0.4 is 10.6 Å². The largest absolute Gasteiger partial charge is 0.371 e. The number of hydrogen-bond donors (Lipinski definition) is 1. The molecule has 1 fully saturated rings. The van der Waals surface area contributed by atoms with Crippen LogP contribution in [0.1, 0.15) is 13.3 Å². The van der Waals surface area contributed by atoms with Crippen LogP contribution in [-0.2, 0) is 0 Å². The lowest BCUT2D eigenvalue weighted by atomic mass is 9.94. The molecule has 0 aromatic heterocycles. The molecule has 5 nitrogen and oxygen atoms in total. The summed E-state index contributed by atoms with van der Waals surface area (Å²) in [6.07, 6.45) is 0.970. The summed E-state index contributed by atoms with van der Waals surface area (Å²) < 4.78 is 0. The van der Waals surface area contributed by atoms with Crippen molar-refractivity contribution in [1.82, 2.24) is 0 Å². The Morgan fingerprint density at radius 3 is 2.59 bits per heavy atom. The van der Waals surface area contributed by atoms with Crippen molar-refractivity contribution < 1.29 is 4.92 Å². The first-order valence-corrected chi connectivity index (χ1v) is 5.83. The molecule has 92 valence electrons. The number of hydrogen-bond acceptors (Lipinski definition) is 4. The van der Waals surface area contributed by atoms with E-state index in [1.807, 2.05) is 12.1 Å². The molecule has 1 saturated heterocycles. The smallest absolute Gasteiger partial charge is 0.269 e. The van der Waals surface area contributed by atoms with Crippen LogP contribution in [0, 0.1) is 16.0 Å². The van der Waals surface area contributed by atoms with Gasteiger partial charge in [-0.1, -0.05) is 6.92 Å². The highest BCUT2D eigenvalue weighted by Gasteiger charge is 2.23. The van der Waals surface area contributed by atoms with Gasteiger partial charge in [-0.15, -0.1) is 0 Å². The molecular weight excluding hydrogens is 218 g/mol. The molecule has 0 spiro atoms. The maximum atomic E-state index is 10.6. The van der Waals surface area contributed by atoms with E-state index >= 15 is 0 Å². The van der Waals surface area contributed by atoms with Crippen molar-refractivity contribution in [2.24, 2.45) is 11.7 Å². The number of benzene rings is 1. The van der Waals surface area contributed by atoms with Gasteiger partial charge in [-0.05, 0) is 24.5 Å². The van der Waals surface area contributed by atoms with Crippen LogP contribution in [0.2, 0.25) is 0 Å². The van der Waals surface area contributed by atoms with E-state index in [1.54, 1.807) is 12.1 Å². The van der Waals surface area contributed by atoms with E-state index in [4.69, 9.17) is 5.73 Å². The van der Waals surface area contributed by atoms with Crippen LogP contribution in [0.5, 0.6) is 0 Å². The standard InChI is InChI=1S/C12H17N3O2/c1-9-8-14(7-6-12(9)13)10-2-4-11(5-3-10)15(16)17/h2-5,9,12H,6-8,13H2,1H3. The Hall–Kier alpha value is -1.62. The molecule has 17 heavy (non-hydrogen) atoms. The fourth-order valence-corrected chi connectivity index (χ4v) is 2.18. The van der Waals surface area contributed by atoms with Crippen LogP contribution in [-0.4, -0.2) is 24.1 Å². The summed E-state index contributed by atoms with van der Waals surface area (Å²) in [4.78, 5) is 12.4. The van der Waals surface area contributed by atoms with E-state index in [2.05, 4.69) is 11.8 Å². The lowest BCUT2D eigenvalue weighted by molar-refractivity contribution is -0.384. The van der Waals surface area contributed by atoms with Crippen LogP contribution in [0.25, 0.3) is 0 Å². The summed E-state index contributed by atoms with van der Waals surface area (Å²) in [6.45, 7) is 3.98. The number of nitro benzene ring substituents is 1. The summed E-state index contributed by atoms with van der Waals surface area (Å²) in [5.41, 5.74) is 7.14. The van der Waals surface area contributed by atoms with Crippen LogP contribution in [0.3, 0.4) is 0 Å². The van der Waals surface area contributed by atoms with Gasteiger partial charge in [0, 0.05) is 37.0 Å². The third-order valence-corrected chi connectivity index (χ3v) is 3.40. The quantitative estimate of drug-likeness (QED) is 0.626. The fourth-order valence-electron chi connectivity index (χ4n) is 2.18. The molecule has 1 aliphatic heterocycles. The van der Waals surface area contributed by atoms with Gasteiger partial charge < -0.3 is 10.6 Å². The fraction of sp³-hybridized carbons (Fsp3) is 0.500. The van der Waals surface area contributed by atoms with Crippen molar-refractivity contribution in [2.75, 3.05) is 18.0 Å². The Labute approximate surface area is 100 Å².